The number of nitrogens with one attached hydrogen (secondary N) is 1. The number of rotatable bonds is 10. The second-order valence-corrected chi connectivity index (χ2v) is 9.29. The second-order valence-electron chi connectivity index (χ2n) is 9.29. The molecule has 3 aromatic carbocycles. The lowest BCUT2D eigenvalue weighted by Gasteiger charge is -2.32. The number of amides is 2. The van der Waals surface area contributed by atoms with Crippen molar-refractivity contribution in [3.05, 3.63) is 107 Å². The highest BCUT2D eigenvalue weighted by Crippen LogP contribution is 2.21. The Morgan fingerprint density at radius 3 is 2.11 bits per heavy atom. The van der Waals surface area contributed by atoms with E-state index in [2.05, 4.69) is 5.32 Å². The van der Waals surface area contributed by atoms with Crippen molar-refractivity contribution >= 4 is 11.8 Å². The molecule has 0 spiro atoms. The molecular formula is C30H33FN2O2. The van der Waals surface area contributed by atoms with Crippen molar-refractivity contribution in [2.24, 2.45) is 0 Å². The van der Waals surface area contributed by atoms with Gasteiger partial charge in [-0.25, -0.2) is 4.39 Å². The first-order valence-corrected chi connectivity index (χ1v) is 12.5. The molecule has 4 nitrogen and oxygen atoms in total. The highest BCUT2D eigenvalue weighted by Gasteiger charge is 2.32. The molecule has 1 aliphatic carbocycles. The molecular weight excluding hydrogens is 439 g/mol. The highest BCUT2D eigenvalue weighted by molar-refractivity contribution is 5.88. The third kappa shape index (κ3) is 7.01. The molecule has 1 aliphatic rings. The van der Waals surface area contributed by atoms with Gasteiger partial charge >= 0.3 is 0 Å². The van der Waals surface area contributed by atoms with E-state index in [4.69, 9.17) is 0 Å². The Bertz CT molecular complexity index is 1100. The van der Waals surface area contributed by atoms with Gasteiger partial charge in [-0.1, -0.05) is 91.7 Å². The van der Waals surface area contributed by atoms with Crippen molar-refractivity contribution in [3.63, 3.8) is 0 Å². The molecule has 4 rings (SSSR count). The van der Waals surface area contributed by atoms with Gasteiger partial charge in [-0.2, -0.15) is 0 Å². The van der Waals surface area contributed by atoms with Gasteiger partial charge < -0.3 is 10.2 Å². The van der Waals surface area contributed by atoms with E-state index in [9.17, 15) is 14.0 Å². The van der Waals surface area contributed by atoms with E-state index in [1.807, 2.05) is 60.7 Å². The van der Waals surface area contributed by atoms with E-state index in [1.165, 1.54) is 6.07 Å². The van der Waals surface area contributed by atoms with Crippen LogP contribution in [0.25, 0.3) is 0 Å². The maximum Gasteiger partial charge on any atom is 0.243 e. The fourth-order valence-electron chi connectivity index (χ4n) is 4.77. The lowest BCUT2D eigenvalue weighted by Crippen LogP contribution is -2.52. The zero-order valence-corrected chi connectivity index (χ0v) is 20.0. The van der Waals surface area contributed by atoms with Crippen LogP contribution >= 0.6 is 0 Å². The molecule has 182 valence electrons. The van der Waals surface area contributed by atoms with Gasteiger partial charge in [0.15, 0.2) is 0 Å². The van der Waals surface area contributed by atoms with Crippen molar-refractivity contribution in [1.82, 2.24) is 10.2 Å². The zero-order valence-electron chi connectivity index (χ0n) is 20.0. The lowest BCUT2D eigenvalue weighted by atomic mass is 10.0. The van der Waals surface area contributed by atoms with Crippen LogP contribution in [-0.2, 0) is 29.0 Å². The Morgan fingerprint density at radius 2 is 1.46 bits per heavy atom. The van der Waals surface area contributed by atoms with Crippen molar-refractivity contribution in [2.75, 3.05) is 0 Å². The second kappa shape index (κ2) is 12.3. The first kappa shape index (κ1) is 24.6. The van der Waals surface area contributed by atoms with Crippen molar-refractivity contribution < 1.29 is 14.0 Å². The molecule has 5 heteroatoms. The molecule has 0 bridgehead atoms. The summed E-state index contributed by atoms with van der Waals surface area (Å²) in [6, 6.07) is 25.4. The van der Waals surface area contributed by atoms with Crippen LogP contribution in [0.4, 0.5) is 4.39 Å². The van der Waals surface area contributed by atoms with Gasteiger partial charge in [0.25, 0.3) is 0 Å². The van der Waals surface area contributed by atoms with Crippen LogP contribution in [0.2, 0.25) is 0 Å². The van der Waals surface area contributed by atoms with Crippen LogP contribution in [0.5, 0.6) is 0 Å². The number of halogens is 1. The van der Waals surface area contributed by atoms with Crippen LogP contribution in [0.15, 0.2) is 84.9 Å². The lowest BCUT2D eigenvalue weighted by molar-refractivity contribution is -0.141. The summed E-state index contributed by atoms with van der Waals surface area (Å²) in [4.78, 5) is 28.8. The van der Waals surface area contributed by atoms with E-state index in [0.29, 0.717) is 18.4 Å². The molecule has 1 fully saturated rings. The summed E-state index contributed by atoms with van der Waals surface area (Å²) in [6.07, 6.45) is 5.31. The largest absolute Gasteiger partial charge is 0.352 e. The predicted octanol–water partition coefficient (Wildman–Crippen LogP) is 5.46. The van der Waals surface area contributed by atoms with Gasteiger partial charge in [0.1, 0.15) is 11.9 Å². The molecule has 0 heterocycles. The Kier molecular flexibility index (Phi) is 8.66. The van der Waals surface area contributed by atoms with Gasteiger partial charge in [-0.3, -0.25) is 9.59 Å². The summed E-state index contributed by atoms with van der Waals surface area (Å²) in [5, 5.41) is 3.18. The van der Waals surface area contributed by atoms with Gasteiger partial charge in [0.05, 0.1) is 0 Å². The molecule has 2 amide bonds. The molecule has 35 heavy (non-hydrogen) atoms. The molecule has 0 aliphatic heterocycles. The van der Waals surface area contributed by atoms with Crippen LogP contribution in [-0.4, -0.2) is 28.8 Å². The third-order valence-corrected chi connectivity index (χ3v) is 6.74. The number of hydrogen-bond donors (Lipinski definition) is 1. The first-order chi connectivity index (χ1) is 17.1. The van der Waals surface area contributed by atoms with Crippen molar-refractivity contribution in [2.45, 2.75) is 63.6 Å². The van der Waals surface area contributed by atoms with Gasteiger partial charge in [-0.05, 0) is 36.5 Å². The Hall–Kier alpha value is -3.47. The summed E-state index contributed by atoms with van der Waals surface area (Å²) in [5.74, 6) is -0.687. The molecule has 1 unspecified atom stereocenters. The molecule has 1 atom stereocenters. The van der Waals surface area contributed by atoms with Crippen LogP contribution < -0.4 is 5.32 Å². The van der Waals surface area contributed by atoms with E-state index in [1.54, 1.807) is 23.1 Å². The number of benzene rings is 3. The smallest absolute Gasteiger partial charge is 0.243 e. The normalized spacial score (nSPS) is 14.4. The first-order valence-electron chi connectivity index (χ1n) is 12.5. The minimum atomic E-state index is -0.721. The van der Waals surface area contributed by atoms with Gasteiger partial charge in [0, 0.05) is 31.0 Å². The molecule has 0 aromatic heterocycles. The summed E-state index contributed by atoms with van der Waals surface area (Å²) >= 11 is 0. The Balaban J connectivity index is 1.61. The number of carbonyl (C=O) groups is 2. The topological polar surface area (TPSA) is 49.4 Å². The number of nitrogens with zero attached hydrogens (tertiary/aromatic N) is 1. The Labute approximate surface area is 207 Å². The zero-order chi connectivity index (χ0) is 24.5. The van der Waals surface area contributed by atoms with Crippen LogP contribution in [0.3, 0.4) is 0 Å². The van der Waals surface area contributed by atoms with Crippen LogP contribution in [0.1, 0.15) is 48.8 Å². The predicted molar refractivity (Wildman–Crippen MR) is 136 cm³/mol. The molecule has 1 N–H and O–H groups in total. The third-order valence-electron chi connectivity index (χ3n) is 6.74. The van der Waals surface area contributed by atoms with E-state index in [0.717, 1.165) is 36.8 Å². The van der Waals surface area contributed by atoms with Gasteiger partial charge in [0.2, 0.25) is 11.8 Å². The average Bonchev–Trinajstić information content (AvgIpc) is 3.40. The molecule has 1 saturated carbocycles. The maximum atomic E-state index is 14.6. The highest BCUT2D eigenvalue weighted by atomic mass is 19.1. The number of carbonyl (C=O) groups excluding carboxylic acids is 2. The fraction of sp³-hybridized carbons (Fsp3) is 0.333. The molecule has 0 saturated heterocycles. The summed E-state index contributed by atoms with van der Waals surface area (Å²) < 4.78 is 14.6. The van der Waals surface area contributed by atoms with E-state index < -0.39 is 6.04 Å². The standard InChI is InChI=1S/C30H33FN2O2/c31-27-18-10-7-15-25(27)22-33(29(34)20-19-23-11-3-1-4-12-23)28(21-24-13-5-2-6-14-24)30(35)32-26-16-8-9-17-26/h1-7,10-15,18,26,28H,8-9,16-17,19-22H2,(H,32,35). The summed E-state index contributed by atoms with van der Waals surface area (Å²) in [7, 11) is 0. The summed E-state index contributed by atoms with van der Waals surface area (Å²) in [6.45, 7) is 0.0515. The minimum absolute atomic E-state index is 0.0515. The number of hydrogen-bond acceptors (Lipinski definition) is 2. The van der Waals surface area contributed by atoms with E-state index in [-0.39, 0.29) is 36.6 Å². The number of aryl methyl sites for hydroxylation is 1. The molecule has 0 radical (unpaired) electrons. The minimum Gasteiger partial charge on any atom is -0.352 e. The molecule has 3 aromatic rings. The fourth-order valence-corrected chi connectivity index (χ4v) is 4.77. The van der Waals surface area contributed by atoms with Crippen molar-refractivity contribution in [3.8, 4) is 0 Å². The average molecular weight is 473 g/mol. The monoisotopic (exact) mass is 472 g/mol. The maximum absolute atomic E-state index is 14.6. The quantitative estimate of drug-likeness (QED) is 0.426. The SMILES string of the molecule is O=C(NC1CCCC1)C(Cc1ccccc1)N(Cc1ccccc1F)C(=O)CCc1ccccc1. The van der Waals surface area contributed by atoms with E-state index >= 15 is 0 Å². The van der Waals surface area contributed by atoms with Crippen molar-refractivity contribution in [1.29, 1.82) is 0 Å². The summed E-state index contributed by atoms with van der Waals surface area (Å²) in [5.41, 5.74) is 2.43. The van der Waals surface area contributed by atoms with Gasteiger partial charge in [-0.15, -0.1) is 0 Å². The van der Waals surface area contributed by atoms with Crippen LogP contribution in [0, 0.1) is 5.82 Å². The Morgan fingerprint density at radius 1 is 0.857 bits per heavy atom.